The van der Waals surface area contributed by atoms with Crippen molar-refractivity contribution in [3.63, 3.8) is 0 Å². The summed E-state index contributed by atoms with van der Waals surface area (Å²) < 4.78 is 16.4. The number of hydrogen-bond acceptors (Lipinski definition) is 7. The van der Waals surface area contributed by atoms with E-state index >= 15 is 0 Å². The molecule has 0 radical (unpaired) electrons. The van der Waals surface area contributed by atoms with Crippen LogP contribution in [0.15, 0.2) is 62.1 Å². The molecule has 1 N–H and O–H groups in total. The summed E-state index contributed by atoms with van der Waals surface area (Å²) >= 11 is 0. The highest BCUT2D eigenvalue weighted by molar-refractivity contribution is 5.53. The van der Waals surface area contributed by atoms with Gasteiger partial charge in [-0.15, -0.1) is 10.2 Å². The molecule has 4 rings (SSSR count). The standard InChI is InChI=1S/C19H19N5O3/c1-2-10-24(13-17-21-22-19(26-17)15-9-6-11-25-15)12-16-20-18(23-27-16)14-7-4-3-5-8-14/h3-9,11H,2,10,12-13H2,1H3/p+1. The maximum atomic E-state index is 5.71. The van der Waals surface area contributed by atoms with Crippen LogP contribution in [-0.2, 0) is 13.1 Å². The summed E-state index contributed by atoms with van der Waals surface area (Å²) in [4.78, 5) is 5.71. The van der Waals surface area contributed by atoms with Crippen LogP contribution in [0.4, 0.5) is 0 Å². The van der Waals surface area contributed by atoms with E-state index in [1.807, 2.05) is 30.3 Å². The van der Waals surface area contributed by atoms with E-state index in [0.717, 1.165) is 18.5 Å². The van der Waals surface area contributed by atoms with Crippen LogP contribution in [0.5, 0.6) is 0 Å². The van der Waals surface area contributed by atoms with Crippen LogP contribution < -0.4 is 4.90 Å². The Balaban J connectivity index is 1.45. The van der Waals surface area contributed by atoms with Crippen molar-refractivity contribution in [1.82, 2.24) is 20.3 Å². The fraction of sp³-hybridized carbons (Fsp3) is 0.263. The molecular weight excluding hydrogens is 346 g/mol. The first-order valence-corrected chi connectivity index (χ1v) is 8.89. The largest absolute Gasteiger partial charge is 0.459 e. The fourth-order valence-corrected chi connectivity index (χ4v) is 2.88. The monoisotopic (exact) mass is 366 g/mol. The summed E-state index contributed by atoms with van der Waals surface area (Å²) in [6, 6.07) is 13.3. The number of nitrogens with one attached hydrogen (secondary N) is 1. The molecule has 0 aliphatic rings. The molecule has 0 bridgehead atoms. The zero-order valence-electron chi connectivity index (χ0n) is 15.0. The van der Waals surface area contributed by atoms with Crippen molar-refractivity contribution in [1.29, 1.82) is 0 Å². The first-order valence-electron chi connectivity index (χ1n) is 8.89. The SMILES string of the molecule is CCC[NH+](Cc1nc(-c2ccccc2)no1)Cc1nnc(-c2ccco2)o1. The lowest BCUT2D eigenvalue weighted by Crippen LogP contribution is -3.09. The molecule has 3 heterocycles. The van der Waals surface area contributed by atoms with Gasteiger partial charge in [-0.2, -0.15) is 4.98 Å². The van der Waals surface area contributed by atoms with E-state index in [0.29, 0.717) is 42.3 Å². The van der Waals surface area contributed by atoms with Gasteiger partial charge in [0, 0.05) is 5.56 Å². The quantitative estimate of drug-likeness (QED) is 0.511. The van der Waals surface area contributed by atoms with Crippen LogP contribution in [0, 0.1) is 0 Å². The van der Waals surface area contributed by atoms with Crippen molar-refractivity contribution in [3.05, 3.63) is 60.5 Å². The van der Waals surface area contributed by atoms with Gasteiger partial charge in [-0.1, -0.05) is 42.4 Å². The summed E-state index contributed by atoms with van der Waals surface area (Å²) in [5, 5.41) is 12.3. The molecule has 0 aliphatic heterocycles. The van der Waals surface area contributed by atoms with E-state index in [9.17, 15) is 0 Å². The molecule has 0 amide bonds. The lowest BCUT2D eigenvalue weighted by atomic mass is 10.2. The average molecular weight is 366 g/mol. The number of rotatable bonds is 8. The first-order chi connectivity index (χ1) is 13.3. The molecule has 8 heteroatoms. The molecule has 1 atom stereocenters. The van der Waals surface area contributed by atoms with Gasteiger partial charge in [0.25, 0.3) is 17.7 Å². The second-order valence-electron chi connectivity index (χ2n) is 6.21. The maximum Gasteiger partial charge on any atom is 0.283 e. The first kappa shape index (κ1) is 17.2. The van der Waals surface area contributed by atoms with Gasteiger partial charge in [0.15, 0.2) is 18.8 Å². The number of nitrogens with zero attached hydrogens (tertiary/aromatic N) is 4. The van der Waals surface area contributed by atoms with Crippen molar-refractivity contribution < 1.29 is 18.3 Å². The van der Waals surface area contributed by atoms with Gasteiger partial charge in [0.05, 0.1) is 12.8 Å². The molecule has 0 saturated heterocycles. The Bertz CT molecular complexity index is 962. The summed E-state index contributed by atoms with van der Waals surface area (Å²) in [5.74, 6) is 2.68. The number of aromatic nitrogens is 4. The zero-order valence-corrected chi connectivity index (χ0v) is 15.0. The topological polar surface area (TPSA) is 95.4 Å². The van der Waals surface area contributed by atoms with Crippen molar-refractivity contribution in [3.8, 4) is 23.0 Å². The van der Waals surface area contributed by atoms with Crippen LogP contribution >= 0.6 is 0 Å². The molecule has 0 fully saturated rings. The number of quaternary nitrogens is 1. The minimum Gasteiger partial charge on any atom is -0.459 e. The predicted molar refractivity (Wildman–Crippen MR) is 95.3 cm³/mol. The van der Waals surface area contributed by atoms with Crippen LogP contribution in [0.2, 0.25) is 0 Å². The number of hydrogen-bond donors (Lipinski definition) is 1. The molecule has 138 valence electrons. The molecule has 3 aromatic heterocycles. The lowest BCUT2D eigenvalue weighted by molar-refractivity contribution is -0.930. The molecule has 4 aromatic rings. The molecule has 0 saturated carbocycles. The van der Waals surface area contributed by atoms with Gasteiger partial charge in [0.1, 0.15) is 0 Å². The molecule has 1 unspecified atom stereocenters. The normalized spacial score (nSPS) is 12.3. The Morgan fingerprint density at radius 3 is 2.59 bits per heavy atom. The predicted octanol–water partition coefficient (Wildman–Crippen LogP) is 2.37. The Kier molecular flexibility index (Phi) is 5.06. The third-order valence-electron chi connectivity index (χ3n) is 4.10. The van der Waals surface area contributed by atoms with E-state index in [4.69, 9.17) is 13.4 Å². The van der Waals surface area contributed by atoms with Crippen LogP contribution in [0.3, 0.4) is 0 Å². The minimum absolute atomic E-state index is 0.384. The number of benzene rings is 1. The molecule has 0 aliphatic carbocycles. The highest BCUT2D eigenvalue weighted by Gasteiger charge is 2.20. The highest BCUT2D eigenvalue weighted by Crippen LogP contribution is 2.17. The smallest absolute Gasteiger partial charge is 0.283 e. The van der Waals surface area contributed by atoms with E-state index in [1.165, 1.54) is 4.90 Å². The van der Waals surface area contributed by atoms with Gasteiger partial charge >= 0.3 is 0 Å². The van der Waals surface area contributed by atoms with Crippen molar-refractivity contribution >= 4 is 0 Å². The van der Waals surface area contributed by atoms with E-state index < -0.39 is 0 Å². The highest BCUT2D eigenvalue weighted by atomic mass is 16.5. The third-order valence-corrected chi connectivity index (χ3v) is 4.10. The van der Waals surface area contributed by atoms with E-state index in [2.05, 4.69) is 27.3 Å². The van der Waals surface area contributed by atoms with Crippen LogP contribution in [-0.4, -0.2) is 26.9 Å². The second-order valence-corrected chi connectivity index (χ2v) is 6.21. The van der Waals surface area contributed by atoms with Crippen molar-refractivity contribution in [2.75, 3.05) is 6.54 Å². The Morgan fingerprint density at radius 2 is 1.81 bits per heavy atom. The molecule has 1 aromatic carbocycles. The van der Waals surface area contributed by atoms with Crippen LogP contribution in [0.25, 0.3) is 23.0 Å². The van der Waals surface area contributed by atoms with Crippen LogP contribution in [0.1, 0.15) is 25.1 Å². The van der Waals surface area contributed by atoms with Gasteiger partial charge in [-0.25, -0.2) is 0 Å². The molecular formula is C19H20N5O3+. The summed E-state index contributed by atoms with van der Waals surface area (Å²) in [7, 11) is 0. The van der Waals surface area contributed by atoms with Crippen molar-refractivity contribution in [2.24, 2.45) is 0 Å². The maximum absolute atomic E-state index is 5.71. The molecule has 0 spiro atoms. The second kappa shape index (κ2) is 7.96. The molecule has 27 heavy (non-hydrogen) atoms. The van der Waals surface area contributed by atoms with Gasteiger partial charge < -0.3 is 18.3 Å². The van der Waals surface area contributed by atoms with E-state index in [-0.39, 0.29) is 0 Å². The summed E-state index contributed by atoms with van der Waals surface area (Å²) in [5.41, 5.74) is 0.935. The summed E-state index contributed by atoms with van der Waals surface area (Å²) in [6.07, 6.45) is 2.59. The Hall–Kier alpha value is -3.26. The Labute approximate surface area is 155 Å². The minimum atomic E-state index is 0.384. The lowest BCUT2D eigenvalue weighted by Gasteiger charge is -2.14. The number of furan rings is 1. The Morgan fingerprint density at radius 1 is 0.963 bits per heavy atom. The van der Waals surface area contributed by atoms with Gasteiger partial charge in [-0.3, -0.25) is 0 Å². The summed E-state index contributed by atoms with van der Waals surface area (Å²) in [6.45, 7) is 4.21. The van der Waals surface area contributed by atoms with E-state index in [1.54, 1.807) is 18.4 Å². The fourth-order valence-electron chi connectivity index (χ4n) is 2.88. The van der Waals surface area contributed by atoms with Gasteiger partial charge in [0.2, 0.25) is 5.82 Å². The van der Waals surface area contributed by atoms with Gasteiger partial charge in [-0.05, 0) is 18.6 Å². The zero-order chi connectivity index (χ0) is 18.5. The van der Waals surface area contributed by atoms with Crippen molar-refractivity contribution in [2.45, 2.75) is 26.4 Å². The average Bonchev–Trinajstić information content (AvgIpc) is 3.44. The third kappa shape index (κ3) is 4.12. The molecule has 8 nitrogen and oxygen atoms in total.